The van der Waals surface area contributed by atoms with E-state index in [9.17, 15) is 0 Å². The first-order valence-corrected chi connectivity index (χ1v) is 3.64. The smallest absolute Gasteiger partial charge is 0.00105 e. The summed E-state index contributed by atoms with van der Waals surface area (Å²) in [6.45, 7) is 4.10. The van der Waals surface area contributed by atoms with Crippen LogP contribution in [0.5, 0.6) is 0 Å². The molecule has 0 heterocycles. The molecule has 0 aliphatic rings. The molecule has 1 unspecified atom stereocenters. The highest BCUT2D eigenvalue weighted by Gasteiger charge is 1.90. The molecule has 0 aliphatic heterocycles. The van der Waals surface area contributed by atoms with Crippen LogP contribution < -0.4 is 5.73 Å². The van der Waals surface area contributed by atoms with Crippen molar-refractivity contribution in [2.75, 3.05) is 0 Å². The van der Waals surface area contributed by atoms with E-state index in [1.54, 1.807) is 0 Å². The Labute approximate surface area is 57.9 Å². The maximum absolute atomic E-state index is 5.55. The molecule has 1 nitrogen and oxygen atoms in total. The van der Waals surface area contributed by atoms with E-state index in [0.717, 1.165) is 6.42 Å². The molecule has 1 heteroatoms. The molecule has 0 bridgehead atoms. The molecule has 0 rings (SSSR count). The van der Waals surface area contributed by atoms with Crippen molar-refractivity contribution in [1.29, 1.82) is 0 Å². The quantitative estimate of drug-likeness (QED) is 0.454. The Bertz CT molecular complexity index is 74.6. The van der Waals surface area contributed by atoms with Crippen LogP contribution in [0.15, 0.2) is 12.2 Å². The molecule has 0 radical (unpaired) electrons. The molecule has 2 N–H and O–H groups in total. The molecule has 0 aromatic heterocycles. The number of hydrogen-bond acceptors (Lipinski definition) is 1. The minimum atomic E-state index is 0.371. The van der Waals surface area contributed by atoms with Crippen LogP contribution in [-0.4, -0.2) is 6.04 Å². The lowest BCUT2D eigenvalue weighted by molar-refractivity contribution is 0.630. The fourth-order valence-electron chi connectivity index (χ4n) is 0.724. The molecule has 0 aromatic rings. The van der Waals surface area contributed by atoms with Gasteiger partial charge in [-0.1, -0.05) is 12.2 Å². The van der Waals surface area contributed by atoms with E-state index in [4.69, 9.17) is 5.73 Å². The molecule has 1 atom stereocenters. The van der Waals surface area contributed by atoms with Crippen molar-refractivity contribution < 1.29 is 0 Å². The van der Waals surface area contributed by atoms with E-state index in [1.807, 2.05) is 6.92 Å². The van der Waals surface area contributed by atoms with Gasteiger partial charge >= 0.3 is 0 Å². The monoisotopic (exact) mass is 127 g/mol. The van der Waals surface area contributed by atoms with Gasteiger partial charge in [0.05, 0.1) is 0 Å². The summed E-state index contributed by atoms with van der Waals surface area (Å²) in [5.74, 6) is 0. The average Bonchev–Trinajstić information content (AvgIpc) is 1.80. The number of rotatable bonds is 4. The minimum Gasteiger partial charge on any atom is -0.328 e. The second kappa shape index (κ2) is 5.83. The second-order valence-corrected chi connectivity index (χ2v) is 2.48. The van der Waals surface area contributed by atoms with E-state index in [0.29, 0.717) is 6.04 Å². The average molecular weight is 127 g/mol. The molecule has 0 saturated carbocycles. The largest absolute Gasteiger partial charge is 0.328 e. The van der Waals surface area contributed by atoms with Gasteiger partial charge in [0.2, 0.25) is 0 Å². The molecule has 0 spiro atoms. The predicted molar refractivity (Wildman–Crippen MR) is 42.3 cm³/mol. The zero-order valence-electron chi connectivity index (χ0n) is 6.43. The van der Waals surface area contributed by atoms with E-state index in [-0.39, 0.29) is 0 Å². The van der Waals surface area contributed by atoms with Crippen LogP contribution in [0.1, 0.15) is 33.1 Å². The van der Waals surface area contributed by atoms with Crippen LogP contribution in [0.25, 0.3) is 0 Å². The summed E-state index contributed by atoms with van der Waals surface area (Å²) in [5, 5.41) is 0. The van der Waals surface area contributed by atoms with Crippen LogP contribution >= 0.6 is 0 Å². The summed E-state index contributed by atoms with van der Waals surface area (Å²) in [5.41, 5.74) is 5.55. The van der Waals surface area contributed by atoms with Crippen molar-refractivity contribution in [2.24, 2.45) is 5.73 Å². The molecule has 0 saturated heterocycles. The first kappa shape index (κ1) is 8.70. The lowest BCUT2D eigenvalue weighted by Gasteiger charge is -2.00. The zero-order chi connectivity index (χ0) is 7.11. The van der Waals surface area contributed by atoms with E-state index in [1.165, 1.54) is 12.8 Å². The van der Waals surface area contributed by atoms with Crippen molar-refractivity contribution in [1.82, 2.24) is 0 Å². The van der Waals surface area contributed by atoms with Crippen molar-refractivity contribution >= 4 is 0 Å². The maximum atomic E-state index is 5.55. The molecule has 0 fully saturated rings. The third-order valence-corrected chi connectivity index (χ3v) is 1.27. The van der Waals surface area contributed by atoms with Gasteiger partial charge in [-0.15, -0.1) is 0 Å². The highest BCUT2D eigenvalue weighted by atomic mass is 14.6. The summed E-state index contributed by atoms with van der Waals surface area (Å²) in [4.78, 5) is 0. The summed E-state index contributed by atoms with van der Waals surface area (Å²) in [7, 11) is 0. The van der Waals surface area contributed by atoms with Crippen LogP contribution in [0.3, 0.4) is 0 Å². The van der Waals surface area contributed by atoms with Gasteiger partial charge in [0.15, 0.2) is 0 Å². The standard InChI is InChI=1S/C8H17N/c1-3-4-5-6-7-8(2)9/h3-4,8H,5-7,9H2,1-2H3/b4-3-. The molecule has 0 aromatic carbocycles. The van der Waals surface area contributed by atoms with Gasteiger partial charge in [0.25, 0.3) is 0 Å². The van der Waals surface area contributed by atoms with Crippen LogP contribution in [-0.2, 0) is 0 Å². The van der Waals surface area contributed by atoms with Gasteiger partial charge in [-0.3, -0.25) is 0 Å². The first-order chi connectivity index (χ1) is 4.27. The van der Waals surface area contributed by atoms with Crippen LogP contribution in [0, 0.1) is 0 Å². The molecule has 0 aliphatic carbocycles. The van der Waals surface area contributed by atoms with Crippen molar-refractivity contribution in [3.05, 3.63) is 12.2 Å². The Balaban J connectivity index is 2.91. The van der Waals surface area contributed by atoms with Gasteiger partial charge in [-0.05, 0) is 33.1 Å². The Morgan fingerprint density at radius 2 is 2.22 bits per heavy atom. The summed E-state index contributed by atoms with van der Waals surface area (Å²) in [6, 6.07) is 0.371. The number of allylic oxidation sites excluding steroid dienone is 2. The summed E-state index contributed by atoms with van der Waals surface area (Å²) >= 11 is 0. The summed E-state index contributed by atoms with van der Waals surface area (Å²) in [6.07, 6.45) is 7.81. The number of unbranched alkanes of at least 4 members (excludes halogenated alkanes) is 1. The first-order valence-electron chi connectivity index (χ1n) is 3.64. The fraction of sp³-hybridized carbons (Fsp3) is 0.750. The van der Waals surface area contributed by atoms with E-state index >= 15 is 0 Å². The zero-order valence-corrected chi connectivity index (χ0v) is 6.43. The van der Waals surface area contributed by atoms with Gasteiger partial charge in [0.1, 0.15) is 0 Å². The Hall–Kier alpha value is -0.300. The minimum absolute atomic E-state index is 0.371. The number of nitrogens with two attached hydrogens (primary N) is 1. The highest BCUT2D eigenvalue weighted by Crippen LogP contribution is 1.98. The van der Waals surface area contributed by atoms with Gasteiger partial charge in [-0.2, -0.15) is 0 Å². The predicted octanol–water partition coefficient (Wildman–Crippen LogP) is 2.08. The Morgan fingerprint density at radius 3 is 2.67 bits per heavy atom. The lowest BCUT2D eigenvalue weighted by Crippen LogP contribution is -2.13. The van der Waals surface area contributed by atoms with Gasteiger partial charge in [-0.25, -0.2) is 0 Å². The SMILES string of the molecule is C/C=C\CCCC(C)N. The highest BCUT2D eigenvalue weighted by molar-refractivity contribution is 4.76. The Kier molecular flexibility index (Phi) is 5.64. The van der Waals surface area contributed by atoms with E-state index < -0.39 is 0 Å². The second-order valence-electron chi connectivity index (χ2n) is 2.48. The van der Waals surface area contributed by atoms with Crippen molar-refractivity contribution in [2.45, 2.75) is 39.2 Å². The molecule has 54 valence electrons. The molecule has 9 heavy (non-hydrogen) atoms. The van der Waals surface area contributed by atoms with Crippen LogP contribution in [0.4, 0.5) is 0 Å². The van der Waals surface area contributed by atoms with Crippen molar-refractivity contribution in [3.63, 3.8) is 0 Å². The van der Waals surface area contributed by atoms with Crippen LogP contribution in [0.2, 0.25) is 0 Å². The topological polar surface area (TPSA) is 26.0 Å². The van der Waals surface area contributed by atoms with Crippen molar-refractivity contribution in [3.8, 4) is 0 Å². The normalized spacial score (nSPS) is 14.6. The van der Waals surface area contributed by atoms with Gasteiger partial charge < -0.3 is 5.73 Å². The lowest BCUT2D eigenvalue weighted by atomic mass is 10.1. The Morgan fingerprint density at radius 1 is 1.56 bits per heavy atom. The summed E-state index contributed by atoms with van der Waals surface area (Å²) < 4.78 is 0. The van der Waals surface area contributed by atoms with Gasteiger partial charge in [0, 0.05) is 6.04 Å². The molecular weight excluding hydrogens is 110 g/mol. The maximum Gasteiger partial charge on any atom is 0.00105 e. The molecular formula is C8H17N. The molecule has 0 amide bonds. The third kappa shape index (κ3) is 7.70. The fourth-order valence-corrected chi connectivity index (χ4v) is 0.724. The number of hydrogen-bond donors (Lipinski definition) is 1. The van der Waals surface area contributed by atoms with E-state index in [2.05, 4.69) is 19.1 Å². The third-order valence-electron chi connectivity index (χ3n) is 1.27.